The largest absolute Gasteiger partial charge is 0.342 e. The van der Waals surface area contributed by atoms with Gasteiger partial charge >= 0.3 is 0 Å². The van der Waals surface area contributed by atoms with Crippen LogP contribution in [0.2, 0.25) is 0 Å². The fourth-order valence-electron chi connectivity index (χ4n) is 2.17. The Bertz CT molecular complexity index is 576. The van der Waals surface area contributed by atoms with Gasteiger partial charge in [-0.1, -0.05) is 25.1 Å². The summed E-state index contributed by atoms with van der Waals surface area (Å²) >= 11 is 0. The molecule has 0 saturated heterocycles. The van der Waals surface area contributed by atoms with Crippen LogP contribution >= 0.6 is 0 Å². The zero-order chi connectivity index (χ0) is 14.7. The van der Waals surface area contributed by atoms with Gasteiger partial charge in [0.1, 0.15) is 5.82 Å². The lowest BCUT2D eigenvalue weighted by atomic mass is 10.1. The average molecular weight is 272 g/mol. The molecule has 0 aliphatic rings. The van der Waals surface area contributed by atoms with E-state index in [4.69, 9.17) is 5.73 Å². The molecule has 0 spiro atoms. The van der Waals surface area contributed by atoms with Crippen LogP contribution in [0.25, 0.3) is 0 Å². The number of hydrogen-bond donors (Lipinski definition) is 1. The summed E-state index contributed by atoms with van der Waals surface area (Å²) < 4.78 is 14.2. The molecule has 2 nitrogen and oxygen atoms in total. The van der Waals surface area contributed by atoms with Crippen molar-refractivity contribution >= 4 is 11.4 Å². The number of benzene rings is 2. The lowest BCUT2D eigenvalue weighted by Gasteiger charge is -2.21. The van der Waals surface area contributed by atoms with Crippen molar-refractivity contribution in [2.75, 3.05) is 11.9 Å². The Kier molecular flexibility index (Phi) is 4.40. The monoisotopic (exact) mass is 272 g/mol. The first-order valence-electron chi connectivity index (χ1n) is 6.90. The molecular formula is C17H21FN2. The van der Waals surface area contributed by atoms with Crippen molar-refractivity contribution in [3.63, 3.8) is 0 Å². The van der Waals surface area contributed by atoms with Crippen LogP contribution in [0.5, 0.6) is 0 Å². The Balaban J connectivity index is 2.30. The minimum absolute atomic E-state index is 0.160. The Morgan fingerprint density at radius 1 is 1.15 bits per heavy atom. The molecule has 106 valence electrons. The predicted molar refractivity (Wildman–Crippen MR) is 82.9 cm³/mol. The summed E-state index contributed by atoms with van der Waals surface area (Å²) in [6, 6.07) is 13.2. The molecule has 2 aromatic rings. The molecule has 0 amide bonds. The van der Waals surface area contributed by atoms with E-state index in [1.54, 1.807) is 6.07 Å². The number of rotatable bonds is 4. The highest BCUT2D eigenvalue weighted by Crippen LogP contribution is 2.28. The zero-order valence-electron chi connectivity index (χ0n) is 12.2. The second kappa shape index (κ2) is 6.06. The molecule has 0 aromatic heterocycles. The molecule has 2 aromatic carbocycles. The highest BCUT2D eigenvalue weighted by atomic mass is 19.1. The van der Waals surface area contributed by atoms with Crippen LogP contribution in [0.1, 0.15) is 31.0 Å². The average Bonchev–Trinajstić information content (AvgIpc) is 2.46. The Labute approximate surface area is 120 Å². The molecule has 0 bridgehead atoms. The van der Waals surface area contributed by atoms with Crippen LogP contribution in [-0.2, 0) is 6.42 Å². The lowest BCUT2D eigenvalue weighted by molar-refractivity contribution is 0.622. The third kappa shape index (κ3) is 2.99. The lowest BCUT2D eigenvalue weighted by Crippen LogP contribution is -2.12. The molecule has 2 N–H and O–H groups in total. The standard InChI is InChI=1S/C17H21FN2/c1-4-13-5-8-15(9-6-13)20(3)17-10-7-14(12(2)19)11-16(17)18/h5-12H,4,19H2,1-3H3/t12-/m1/s1. The number of anilines is 2. The van der Waals surface area contributed by atoms with Crippen molar-refractivity contribution in [3.8, 4) is 0 Å². The van der Waals surface area contributed by atoms with Crippen molar-refractivity contribution in [3.05, 3.63) is 59.4 Å². The van der Waals surface area contributed by atoms with E-state index in [0.717, 1.165) is 17.7 Å². The molecule has 2 rings (SSSR count). The highest BCUT2D eigenvalue weighted by Gasteiger charge is 2.11. The van der Waals surface area contributed by atoms with Gasteiger partial charge in [-0.25, -0.2) is 4.39 Å². The fourth-order valence-corrected chi connectivity index (χ4v) is 2.17. The fraction of sp³-hybridized carbons (Fsp3) is 0.294. The zero-order valence-corrected chi connectivity index (χ0v) is 12.2. The van der Waals surface area contributed by atoms with Gasteiger partial charge in [-0.15, -0.1) is 0 Å². The molecule has 0 fully saturated rings. The third-order valence-corrected chi connectivity index (χ3v) is 3.59. The van der Waals surface area contributed by atoms with E-state index in [2.05, 4.69) is 19.1 Å². The number of nitrogens with two attached hydrogens (primary N) is 1. The van der Waals surface area contributed by atoms with Crippen LogP contribution in [-0.4, -0.2) is 7.05 Å². The molecule has 0 radical (unpaired) electrons. The molecular weight excluding hydrogens is 251 g/mol. The van der Waals surface area contributed by atoms with Gasteiger partial charge < -0.3 is 10.6 Å². The van der Waals surface area contributed by atoms with E-state index >= 15 is 0 Å². The van der Waals surface area contributed by atoms with E-state index in [0.29, 0.717) is 5.69 Å². The minimum atomic E-state index is -0.248. The van der Waals surface area contributed by atoms with Gasteiger partial charge in [0.25, 0.3) is 0 Å². The Hall–Kier alpha value is -1.87. The number of nitrogens with zero attached hydrogens (tertiary/aromatic N) is 1. The smallest absolute Gasteiger partial charge is 0.147 e. The molecule has 0 aliphatic carbocycles. The van der Waals surface area contributed by atoms with Crippen LogP contribution in [0.3, 0.4) is 0 Å². The number of aryl methyl sites for hydroxylation is 1. The van der Waals surface area contributed by atoms with Crippen LogP contribution in [0, 0.1) is 5.82 Å². The predicted octanol–water partition coefficient (Wildman–Crippen LogP) is 4.18. The number of hydrogen-bond acceptors (Lipinski definition) is 2. The maximum atomic E-state index is 14.2. The Morgan fingerprint density at radius 3 is 2.30 bits per heavy atom. The third-order valence-electron chi connectivity index (χ3n) is 3.59. The van der Waals surface area contributed by atoms with E-state index in [-0.39, 0.29) is 11.9 Å². The summed E-state index contributed by atoms with van der Waals surface area (Å²) in [7, 11) is 1.87. The first-order valence-corrected chi connectivity index (χ1v) is 6.90. The maximum Gasteiger partial charge on any atom is 0.147 e. The van der Waals surface area contributed by atoms with E-state index in [1.165, 1.54) is 11.6 Å². The van der Waals surface area contributed by atoms with Gasteiger partial charge in [0.15, 0.2) is 0 Å². The van der Waals surface area contributed by atoms with Gasteiger partial charge in [0, 0.05) is 18.8 Å². The van der Waals surface area contributed by atoms with Gasteiger partial charge in [-0.05, 0) is 48.7 Å². The SMILES string of the molecule is CCc1ccc(N(C)c2ccc([C@@H](C)N)cc2F)cc1. The molecule has 0 aliphatic heterocycles. The van der Waals surface area contributed by atoms with Gasteiger partial charge in [-0.2, -0.15) is 0 Å². The highest BCUT2D eigenvalue weighted by molar-refractivity contribution is 5.63. The molecule has 0 unspecified atom stereocenters. The van der Waals surface area contributed by atoms with Crippen LogP contribution in [0.4, 0.5) is 15.8 Å². The summed E-state index contributed by atoms with van der Waals surface area (Å²) in [6.07, 6.45) is 1.00. The maximum absolute atomic E-state index is 14.2. The van der Waals surface area contributed by atoms with Crippen molar-refractivity contribution in [2.45, 2.75) is 26.3 Å². The summed E-state index contributed by atoms with van der Waals surface area (Å²) in [5, 5.41) is 0. The first kappa shape index (κ1) is 14.5. The van der Waals surface area contributed by atoms with Crippen molar-refractivity contribution in [2.24, 2.45) is 5.73 Å². The minimum Gasteiger partial charge on any atom is -0.342 e. The van der Waals surface area contributed by atoms with E-state index in [1.807, 2.05) is 37.1 Å². The molecule has 20 heavy (non-hydrogen) atoms. The molecule has 0 heterocycles. The normalized spacial score (nSPS) is 12.2. The van der Waals surface area contributed by atoms with Gasteiger partial charge in [0.2, 0.25) is 0 Å². The molecule has 0 saturated carbocycles. The summed E-state index contributed by atoms with van der Waals surface area (Å²) in [5.74, 6) is -0.248. The van der Waals surface area contributed by atoms with Crippen molar-refractivity contribution in [1.82, 2.24) is 0 Å². The van der Waals surface area contributed by atoms with Crippen molar-refractivity contribution in [1.29, 1.82) is 0 Å². The van der Waals surface area contributed by atoms with E-state index in [9.17, 15) is 4.39 Å². The summed E-state index contributed by atoms with van der Waals surface area (Å²) in [6.45, 7) is 3.97. The Morgan fingerprint density at radius 2 is 1.80 bits per heavy atom. The van der Waals surface area contributed by atoms with Crippen LogP contribution in [0.15, 0.2) is 42.5 Å². The molecule has 3 heteroatoms. The molecule has 1 atom stereocenters. The quantitative estimate of drug-likeness (QED) is 0.905. The summed E-state index contributed by atoms with van der Waals surface area (Å²) in [5.41, 5.74) is 9.37. The van der Waals surface area contributed by atoms with Gasteiger partial charge in [0.05, 0.1) is 5.69 Å². The number of halogens is 1. The topological polar surface area (TPSA) is 29.3 Å². The second-order valence-corrected chi connectivity index (χ2v) is 5.08. The van der Waals surface area contributed by atoms with Crippen molar-refractivity contribution < 1.29 is 4.39 Å². The van der Waals surface area contributed by atoms with E-state index < -0.39 is 0 Å². The summed E-state index contributed by atoms with van der Waals surface area (Å²) in [4.78, 5) is 1.85. The van der Waals surface area contributed by atoms with Crippen LogP contribution < -0.4 is 10.6 Å². The first-order chi connectivity index (χ1) is 9.52. The second-order valence-electron chi connectivity index (χ2n) is 5.08. The van der Waals surface area contributed by atoms with Gasteiger partial charge in [-0.3, -0.25) is 0 Å².